The van der Waals surface area contributed by atoms with E-state index >= 15 is 0 Å². The largest absolute Gasteiger partial charge is 0.369 e. The van der Waals surface area contributed by atoms with Gasteiger partial charge in [0.25, 0.3) is 5.56 Å². The number of nitrogens with two attached hydrogens (primary N) is 1. The van der Waals surface area contributed by atoms with Gasteiger partial charge in [-0.2, -0.15) is 4.98 Å². The molecule has 2 rings (SSSR count). The maximum absolute atomic E-state index is 11.5. The Morgan fingerprint density at radius 1 is 1.50 bits per heavy atom. The number of aromatic amines is 1. The Balaban J connectivity index is 3.20. The van der Waals surface area contributed by atoms with E-state index in [-0.39, 0.29) is 17.0 Å². The number of hydrogen-bond donors (Lipinski definition) is 2. The summed E-state index contributed by atoms with van der Waals surface area (Å²) in [5.41, 5.74) is 4.36. The number of H-pyrrole nitrogens is 1. The summed E-state index contributed by atoms with van der Waals surface area (Å²) >= 11 is 0. The summed E-state index contributed by atoms with van der Waals surface area (Å²) in [7, 11) is 1.61. The normalized spacial score (nSPS) is 10.6. The zero-order valence-electron chi connectivity index (χ0n) is 7.31. The van der Waals surface area contributed by atoms with E-state index in [4.69, 9.17) is 5.73 Å². The molecule has 0 spiro atoms. The van der Waals surface area contributed by atoms with Crippen LogP contribution in [0.3, 0.4) is 0 Å². The molecule has 0 aliphatic rings. The summed E-state index contributed by atoms with van der Waals surface area (Å²) in [6, 6.07) is 0. The molecule has 7 heteroatoms. The molecule has 0 saturated heterocycles. The molecule has 2 aromatic rings. The van der Waals surface area contributed by atoms with Crippen LogP contribution in [0, 0.1) is 0 Å². The number of nitrogen functional groups attached to an aromatic ring is 1. The maximum atomic E-state index is 11.5. The number of aromatic nitrogens is 4. The zero-order chi connectivity index (χ0) is 10.3. The fourth-order valence-corrected chi connectivity index (χ4v) is 1.22. The lowest BCUT2D eigenvalue weighted by atomic mass is 10.5. The Morgan fingerprint density at radius 3 is 2.93 bits per heavy atom. The number of fused-ring (bicyclic) bond motifs is 1. The first-order valence-electron chi connectivity index (χ1n) is 3.80. The van der Waals surface area contributed by atoms with Crippen LogP contribution in [0.4, 0.5) is 5.95 Å². The third-order valence-corrected chi connectivity index (χ3v) is 1.82. The fraction of sp³-hybridized carbons (Fsp3) is 0.143. The molecule has 3 N–H and O–H groups in total. The molecule has 0 aliphatic carbocycles. The highest BCUT2D eigenvalue weighted by atomic mass is 16.1. The summed E-state index contributed by atoms with van der Waals surface area (Å²) in [5, 5.41) is 0. The average Bonchev–Trinajstić information content (AvgIpc) is 2.41. The van der Waals surface area contributed by atoms with Crippen LogP contribution in [0.1, 0.15) is 0 Å². The van der Waals surface area contributed by atoms with Crippen LogP contribution >= 0.6 is 0 Å². The Kier molecular flexibility index (Phi) is 1.60. The number of nitrogens with zero attached hydrogens (tertiary/aromatic N) is 3. The minimum atomic E-state index is -0.614. The van der Waals surface area contributed by atoms with Crippen LogP contribution in [0.15, 0.2) is 15.9 Å². The van der Waals surface area contributed by atoms with E-state index in [2.05, 4.69) is 15.0 Å². The van der Waals surface area contributed by atoms with Gasteiger partial charge in [0.05, 0.1) is 6.33 Å². The first-order valence-corrected chi connectivity index (χ1v) is 3.80. The molecular weight excluding hydrogens is 186 g/mol. The lowest BCUT2D eigenvalue weighted by Crippen LogP contribution is -2.08. The Hall–Kier alpha value is -2.18. The summed E-state index contributed by atoms with van der Waals surface area (Å²) < 4.78 is 1.44. The quantitative estimate of drug-likeness (QED) is 0.535. The van der Waals surface area contributed by atoms with Crippen molar-refractivity contribution in [3.63, 3.8) is 0 Å². The van der Waals surface area contributed by atoms with Gasteiger partial charge in [0, 0.05) is 7.05 Å². The first-order chi connectivity index (χ1) is 6.59. The number of hydrogen-bond acceptors (Lipinski definition) is 5. The molecule has 0 saturated carbocycles. The van der Waals surface area contributed by atoms with Gasteiger partial charge in [-0.25, -0.2) is 4.98 Å². The SMILES string of the molecule is Cn1cnc2c(=O)nc(N)[nH]c(=O)c21. The molecule has 0 radical (unpaired) electrons. The average molecular weight is 193 g/mol. The minimum absolute atomic E-state index is 0.0189. The zero-order valence-corrected chi connectivity index (χ0v) is 7.31. The molecule has 0 atom stereocenters. The molecular formula is C7H7N5O2. The van der Waals surface area contributed by atoms with Crippen molar-refractivity contribution < 1.29 is 0 Å². The van der Waals surface area contributed by atoms with Gasteiger partial charge >= 0.3 is 5.56 Å². The van der Waals surface area contributed by atoms with Gasteiger partial charge in [-0.15, -0.1) is 0 Å². The van der Waals surface area contributed by atoms with Crippen LogP contribution in [0.5, 0.6) is 0 Å². The topological polar surface area (TPSA) is 107 Å². The summed E-state index contributed by atoms with van der Waals surface area (Å²) in [6.07, 6.45) is 1.37. The van der Waals surface area contributed by atoms with Crippen molar-refractivity contribution in [3.05, 3.63) is 27.0 Å². The number of nitrogens with one attached hydrogen (secondary N) is 1. The van der Waals surface area contributed by atoms with E-state index in [9.17, 15) is 9.59 Å². The number of anilines is 1. The second-order valence-electron chi connectivity index (χ2n) is 2.81. The third-order valence-electron chi connectivity index (χ3n) is 1.82. The van der Waals surface area contributed by atoms with Gasteiger partial charge < -0.3 is 10.3 Å². The lowest BCUT2D eigenvalue weighted by Gasteiger charge is -1.85. The second-order valence-corrected chi connectivity index (χ2v) is 2.81. The molecule has 2 heterocycles. The van der Waals surface area contributed by atoms with E-state index in [0.717, 1.165) is 0 Å². The van der Waals surface area contributed by atoms with Crippen molar-refractivity contribution in [1.29, 1.82) is 0 Å². The Morgan fingerprint density at radius 2 is 2.21 bits per heavy atom. The van der Waals surface area contributed by atoms with Crippen LogP contribution in [-0.2, 0) is 7.05 Å². The van der Waals surface area contributed by atoms with E-state index in [0.29, 0.717) is 0 Å². The predicted molar refractivity (Wildman–Crippen MR) is 49.8 cm³/mol. The van der Waals surface area contributed by atoms with Gasteiger partial charge in [0.15, 0.2) is 5.52 Å². The lowest BCUT2D eigenvalue weighted by molar-refractivity contribution is 0.938. The van der Waals surface area contributed by atoms with E-state index < -0.39 is 11.1 Å². The van der Waals surface area contributed by atoms with Gasteiger partial charge in [0.2, 0.25) is 5.95 Å². The Bertz CT molecular complexity index is 611. The van der Waals surface area contributed by atoms with Crippen molar-refractivity contribution >= 4 is 17.0 Å². The van der Waals surface area contributed by atoms with Crippen molar-refractivity contribution in [2.45, 2.75) is 0 Å². The molecule has 0 fully saturated rings. The van der Waals surface area contributed by atoms with Gasteiger partial charge in [-0.3, -0.25) is 14.6 Å². The van der Waals surface area contributed by atoms with Gasteiger partial charge in [-0.05, 0) is 0 Å². The molecule has 2 aromatic heterocycles. The van der Waals surface area contributed by atoms with Crippen LogP contribution in [0.2, 0.25) is 0 Å². The van der Waals surface area contributed by atoms with Crippen molar-refractivity contribution in [2.75, 3.05) is 5.73 Å². The van der Waals surface area contributed by atoms with Crippen molar-refractivity contribution in [1.82, 2.24) is 19.5 Å². The molecule has 0 bridgehead atoms. The third kappa shape index (κ3) is 1.06. The fourth-order valence-electron chi connectivity index (χ4n) is 1.22. The summed E-state index contributed by atoms with van der Waals surface area (Å²) in [6.45, 7) is 0. The number of aryl methyl sites for hydroxylation is 1. The van der Waals surface area contributed by atoms with E-state index in [1.165, 1.54) is 10.9 Å². The predicted octanol–water partition coefficient (Wildman–Crippen LogP) is -1.40. The molecule has 72 valence electrons. The standard InChI is InChI=1S/C7H7N5O2/c1-12-2-9-3-4(12)6(14)11-7(8)10-5(3)13/h2H,1H3,(H3,8,10,11,13,14). The molecule has 0 unspecified atom stereocenters. The van der Waals surface area contributed by atoms with Crippen LogP contribution < -0.4 is 16.9 Å². The summed E-state index contributed by atoms with van der Waals surface area (Å²) in [4.78, 5) is 32.3. The molecule has 0 amide bonds. The highest BCUT2D eigenvalue weighted by Gasteiger charge is 2.07. The highest BCUT2D eigenvalue weighted by Crippen LogP contribution is 1.98. The Labute approximate surface area is 77.2 Å². The number of imidazole rings is 1. The van der Waals surface area contributed by atoms with Crippen LogP contribution in [-0.4, -0.2) is 19.5 Å². The summed E-state index contributed by atoms with van der Waals surface area (Å²) in [5.74, 6) is -0.210. The molecule has 0 aliphatic heterocycles. The van der Waals surface area contributed by atoms with Crippen molar-refractivity contribution in [2.24, 2.45) is 7.05 Å². The van der Waals surface area contributed by atoms with Gasteiger partial charge in [0.1, 0.15) is 5.52 Å². The van der Waals surface area contributed by atoms with E-state index in [1.54, 1.807) is 7.05 Å². The minimum Gasteiger partial charge on any atom is -0.369 e. The monoisotopic (exact) mass is 193 g/mol. The smallest absolute Gasteiger partial charge is 0.301 e. The molecule has 7 nitrogen and oxygen atoms in total. The van der Waals surface area contributed by atoms with E-state index in [1.807, 2.05) is 0 Å². The first kappa shape index (κ1) is 8.42. The van der Waals surface area contributed by atoms with Crippen molar-refractivity contribution in [3.8, 4) is 0 Å². The maximum Gasteiger partial charge on any atom is 0.301 e. The highest BCUT2D eigenvalue weighted by molar-refractivity contribution is 5.72. The van der Waals surface area contributed by atoms with Crippen LogP contribution in [0.25, 0.3) is 11.0 Å². The van der Waals surface area contributed by atoms with Gasteiger partial charge in [-0.1, -0.05) is 0 Å². The molecule has 0 aromatic carbocycles. The number of rotatable bonds is 0. The molecule has 14 heavy (non-hydrogen) atoms. The second kappa shape index (κ2) is 2.66.